The first kappa shape index (κ1) is 42.9. The summed E-state index contributed by atoms with van der Waals surface area (Å²) in [5.74, 6) is -2.54. The maximum absolute atomic E-state index is 15.0. The van der Waals surface area contributed by atoms with E-state index >= 15 is 0 Å². The Bertz CT molecular complexity index is 2030. The molecule has 0 unspecified atom stereocenters. The third kappa shape index (κ3) is 9.61. The molecule has 0 bridgehead atoms. The van der Waals surface area contributed by atoms with E-state index in [9.17, 15) is 27.6 Å². The monoisotopic (exact) mass is 827 g/mol. The molecule has 0 radical (unpaired) electrons. The highest BCUT2D eigenvalue weighted by Crippen LogP contribution is 2.58. The van der Waals surface area contributed by atoms with Crippen molar-refractivity contribution in [3.63, 3.8) is 0 Å². The second kappa shape index (κ2) is 16.5. The molecule has 1 aromatic carbocycles. The zero-order valence-electron chi connectivity index (χ0n) is 34.3. The molecule has 4 aliphatic rings. The molecule has 3 fully saturated rings. The SMILES string of the molecule is CCCOc1cc2c(Cl)cccc2c(O[C@@H]2C[C@H]3C(=O)C[C@]4(C(=O)NS(=O)(=O)C5(C)CC5)C[C@H]4/C=C\CC[C@@H](C)C[C@@H](C)[C@H](CC(=O)OC(C)(C)C)C(=O)N3C2)n1. The van der Waals surface area contributed by atoms with E-state index in [1.54, 1.807) is 45.9 Å². The number of nitrogens with one attached hydrogen (secondary N) is 1. The van der Waals surface area contributed by atoms with Gasteiger partial charge in [0.1, 0.15) is 11.7 Å². The Morgan fingerprint density at radius 3 is 2.53 bits per heavy atom. The van der Waals surface area contributed by atoms with Crippen LogP contribution < -0.4 is 14.2 Å². The van der Waals surface area contributed by atoms with E-state index in [4.69, 9.17) is 25.8 Å². The van der Waals surface area contributed by atoms with Gasteiger partial charge in [0.15, 0.2) is 5.78 Å². The molecule has 0 spiro atoms. The molecule has 57 heavy (non-hydrogen) atoms. The summed E-state index contributed by atoms with van der Waals surface area (Å²) < 4.78 is 46.0. The molecule has 3 heterocycles. The number of aromatic nitrogens is 1. The van der Waals surface area contributed by atoms with E-state index in [1.165, 1.54) is 4.90 Å². The van der Waals surface area contributed by atoms with Crippen LogP contribution in [-0.2, 0) is 33.9 Å². The third-order valence-electron chi connectivity index (χ3n) is 12.1. The fraction of sp³-hybridized carbons (Fsp3) is 0.651. The zero-order valence-corrected chi connectivity index (χ0v) is 35.8. The van der Waals surface area contributed by atoms with Crippen molar-refractivity contribution in [2.24, 2.45) is 29.1 Å². The predicted octanol–water partition coefficient (Wildman–Crippen LogP) is 7.35. The maximum Gasteiger partial charge on any atom is 0.307 e. The molecule has 2 saturated carbocycles. The van der Waals surface area contributed by atoms with E-state index < -0.39 is 55.7 Å². The van der Waals surface area contributed by atoms with Crippen LogP contribution in [0, 0.1) is 29.1 Å². The number of sulfonamides is 1. The lowest BCUT2D eigenvalue weighted by Gasteiger charge is -2.32. The van der Waals surface area contributed by atoms with Crippen molar-refractivity contribution < 1.29 is 41.8 Å². The Balaban J connectivity index is 1.37. The number of hydrogen-bond donors (Lipinski definition) is 1. The maximum atomic E-state index is 15.0. The number of fused-ring (bicyclic) bond motifs is 3. The quantitative estimate of drug-likeness (QED) is 0.190. The molecule has 12 nitrogen and oxygen atoms in total. The van der Waals surface area contributed by atoms with Crippen molar-refractivity contribution in [3.05, 3.63) is 41.4 Å². The van der Waals surface area contributed by atoms with Crippen molar-refractivity contribution in [2.45, 2.75) is 135 Å². The van der Waals surface area contributed by atoms with Gasteiger partial charge in [0.2, 0.25) is 33.6 Å². The van der Waals surface area contributed by atoms with Gasteiger partial charge in [-0.25, -0.2) is 8.42 Å². The smallest absolute Gasteiger partial charge is 0.307 e. The van der Waals surface area contributed by atoms with Crippen molar-refractivity contribution in [3.8, 4) is 11.8 Å². The van der Waals surface area contributed by atoms with Crippen LogP contribution in [0.3, 0.4) is 0 Å². The minimum Gasteiger partial charge on any atom is -0.478 e. The van der Waals surface area contributed by atoms with Gasteiger partial charge in [-0.1, -0.05) is 50.6 Å². The van der Waals surface area contributed by atoms with Crippen LogP contribution in [0.1, 0.15) is 113 Å². The van der Waals surface area contributed by atoms with Gasteiger partial charge in [-0.05, 0) is 103 Å². The van der Waals surface area contributed by atoms with Gasteiger partial charge >= 0.3 is 5.97 Å². The Kier molecular flexibility index (Phi) is 12.4. The van der Waals surface area contributed by atoms with Gasteiger partial charge < -0.3 is 19.1 Å². The Hall–Kier alpha value is -3.71. The molecular weight excluding hydrogens is 770 g/mol. The Labute approximate surface area is 341 Å². The topological polar surface area (TPSA) is 158 Å². The third-order valence-corrected chi connectivity index (χ3v) is 14.6. The van der Waals surface area contributed by atoms with Gasteiger partial charge in [-0.2, -0.15) is 4.98 Å². The molecule has 312 valence electrons. The number of carbonyl (C=O) groups excluding carboxylic acids is 4. The average Bonchev–Trinajstić information content (AvgIpc) is 4.00. The molecule has 6 rings (SSSR count). The molecule has 2 amide bonds. The number of ketones is 1. The van der Waals surface area contributed by atoms with Gasteiger partial charge in [0.05, 0.1) is 41.7 Å². The first-order valence-electron chi connectivity index (χ1n) is 20.4. The number of benzene rings is 1. The van der Waals surface area contributed by atoms with Crippen LogP contribution >= 0.6 is 11.6 Å². The van der Waals surface area contributed by atoms with Crippen molar-refractivity contribution in [1.82, 2.24) is 14.6 Å². The van der Waals surface area contributed by atoms with Gasteiger partial charge in [-0.15, -0.1) is 0 Å². The van der Waals surface area contributed by atoms with Gasteiger partial charge in [0.25, 0.3) is 0 Å². The molecule has 2 aliphatic heterocycles. The summed E-state index contributed by atoms with van der Waals surface area (Å²) in [4.78, 5) is 63.3. The van der Waals surface area contributed by atoms with Crippen molar-refractivity contribution >= 4 is 56.0 Å². The number of allylic oxidation sites excluding steroid dienone is 2. The average molecular weight is 828 g/mol. The summed E-state index contributed by atoms with van der Waals surface area (Å²) in [7, 11) is -3.97. The Morgan fingerprint density at radius 1 is 1.11 bits per heavy atom. The van der Waals surface area contributed by atoms with E-state index in [1.807, 2.05) is 32.1 Å². The van der Waals surface area contributed by atoms with Crippen LogP contribution in [-0.4, -0.2) is 77.5 Å². The fourth-order valence-corrected chi connectivity index (χ4v) is 9.92. The number of rotatable bonds is 10. The first-order chi connectivity index (χ1) is 26.8. The van der Waals surface area contributed by atoms with E-state index in [2.05, 4.69) is 16.6 Å². The van der Waals surface area contributed by atoms with Gasteiger partial charge in [-0.3, -0.25) is 23.9 Å². The highest BCUT2D eigenvalue weighted by molar-refractivity contribution is 7.91. The molecule has 1 N–H and O–H groups in total. The minimum absolute atomic E-state index is 0.0153. The second-order valence-corrected chi connectivity index (χ2v) is 20.7. The molecule has 7 atom stereocenters. The molecular formula is C43H58ClN3O9S. The number of hydrogen-bond acceptors (Lipinski definition) is 10. The van der Waals surface area contributed by atoms with E-state index in [0.717, 1.165) is 12.8 Å². The standard InChI is InChI=1S/C43H58ClN3O9S/c1-8-18-54-36-21-32-30(14-11-15-33(32)44)38(45-36)55-29-20-34-35(48)24-43(40(51)46-57(52,53)42(7)16-17-42)23-28(43)13-10-9-12-26(2)19-27(3)31(39(50)47(34)25-29)22-37(49)56-41(4,5)6/h10-11,13-15,21,26-29,31,34H,8-9,12,16-20,22-25H2,1-7H3,(H,46,51)/b13-10-/t26-,27-,28-,29-,31+,34+,43-/m1/s1. The number of pyridine rings is 1. The molecule has 1 aromatic heterocycles. The number of carbonyl (C=O) groups is 4. The summed E-state index contributed by atoms with van der Waals surface area (Å²) in [6.07, 6.45) is 7.06. The molecule has 1 saturated heterocycles. The highest BCUT2D eigenvalue weighted by Gasteiger charge is 2.62. The summed E-state index contributed by atoms with van der Waals surface area (Å²) in [5, 5.41) is 1.78. The number of amides is 2. The van der Waals surface area contributed by atoms with Crippen molar-refractivity contribution in [2.75, 3.05) is 13.2 Å². The molecule has 2 aromatic rings. The number of nitrogens with zero attached hydrogens (tertiary/aromatic N) is 2. The minimum atomic E-state index is -3.97. The number of esters is 1. The largest absolute Gasteiger partial charge is 0.478 e. The zero-order chi connectivity index (χ0) is 41.5. The van der Waals surface area contributed by atoms with Crippen LogP contribution in [0.5, 0.6) is 11.8 Å². The normalized spacial score (nSPS) is 29.6. The van der Waals surface area contributed by atoms with Crippen LogP contribution in [0.4, 0.5) is 0 Å². The lowest BCUT2D eigenvalue weighted by atomic mass is 9.82. The second-order valence-electron chi connectivity index (χ2n) is 18.1. The first-order valence-corrected chi connectivity index (χ1v) is 22.3. The Morgan fingerprint density at radius 2 is 1.84 bits per heavy atom. The number of halogens is 1. The summed E-state index contributed by atoms with van der Waals surface area (Å²) >= 11 is 6.61. The van der Waals surface area contributed by atoms with Crippen LogP contribution in [0.15, 0.2) is 36.4 Å². The van der Waals surface area contributed by atoms with E-state index in [-0.39, 0.29) is 61.1 Å². The lowest BCUT2D eigenvalue weighted by molar-refractivity contribution is -0.160. The molecule has 2 aliphatic carbocycles. The highest BCUT2D eigenvalue weighted by atomic mass is 35.5. The van der Waals surface area contributed by atoms with Crippen LogP contribution in [0.2, 0.25) is 5.02 Å². The number of ether oxygens (including phenoxy) is 3. The summed E-state index contributed by atoms with van der Waals surface area (Å²) in [5.41, 5.74) is -2.05. The lowest BCUT2D eigenvalue weighted by Crippen LogP contribution is -2.48. The van der Waals surface area contributed by atoms with Crippen LogP contribution in [0.25, 0.3) is 10.8 Å². The predicted molar refractivity (Wildman–Crippen MR) is 217 cm³/mol. The number of Topliss-reactive ketones (excluding diaryl/α,β-unsaturated/α-hetero) is 1. The molecule has 14 heteroatoms. The van der Waals surface area contributed by atoms with Crippen molar-refractivity contribution in [1.29, 1.82) is 0 Å². The summed E-state index contributed by atoms with van der Waals surface area (Å²) in [6, 6.07) is 6.12. The van der Waals surface area contributed by atoms with E-state index in [0.29, 0.717) is 60.4 Å². The fourth-order valence-electron chi connectivity index (χ4n) is 8.36. The summed E-state index contributed by atoms with van der Waals surface area (Å²) in [6.45, 7) is 13.4. The van der Waals surface area contributed by atoms with Gasteiger partial charge in [0, 0.05) is 34.7 Å².